The predicted octanol–water partition coefficient (Wildman–Crippen LogP) is 4.38. The summed E-state index contributed by atoms with van der Waals surface area (Å²) in [5, 5.41) is 28.3. The molecule has 3 N–H and O–H groups in total. The normalized spacial score (nSPS) is 18.2. The number of ether oxygens (including phenoxy) is 1. The minimum absolute atomic E-state index is 0.124. The van der Waals surface area contributed by atoms with Gasteiger partial charge >= 0.3 is 0 Å². The lowest BCUT2D eigenvalue weighted by atomic mass is 9.92. The van der Waals surface area contributed by atoms with Gasteiger partial charge < -0.3 is 10.1 Å². The largest absolute Gasteiger partial charge is 0.429 e. The average Bonchev–Trinajstić information content (AvgIpc) is 3.45. The Morgan fingerprint density at radius 2 is 2.12 bits per heavy atom. The summed E-state index contributed by atoms with van der Waals surface area (Å²) in [5.74, 6) is -0.869. The van der Waals surface area contributed by atoms with E-state index < -0.39 is 11.4 Å². The molecule has 1 saturated carbocycles. The lowest BCUT2D eigenvalue weighted by Gasteiger charge is -2.13. The van der Waals surface area contributed by atoms with E-state index in [0.717, 1.165) is 34.8 Å². The predicted molar refractivity (Wildman–Crippen MR) is 125 cm³/mol. The second kappa shape index (κ2) is 9.05. The number of aromatic nitrogens is 1. The van der Waals surface area contributed by atoms with Gasteiger partial charge in [-0.05, 0) is 49.8 Å². The van der Waals surface area contributed by atoms with Gasteiger partial charge in [-0.2, -0.15) is 5.26 Å². The molecule has 0 radical (unpaired) electrons. The van der Waals surface area contributed by atoms with Crippen LogP contribution in [0.4, 0.5) is 0 Å². The number of nitrogens with zero attached hydrogens (tertiary/aromatic N) is 2. The highest BCUT2D eigenvalue weighted by Crippen LogP contribution is 2.34. The van der Waals surface area contributed by atoms with Gasteiger partial charge in [0.2, 0.25) is 5.91 Å². The minimum atomic E-state index is -0.770. The van der Waals surface area contributed by atoms with Gasteiger partial charge in [0.1, 0.15) is 17.0 Å². The minimum Gasteiger partial charge on any atom is -0.429 e. The van der Waals surface area contributed by atoms with Gasteiger partial charge in [0, 0.05) is 11.3 Å². The number of amides is 1. The van der Waals surface area contributed by atoms with Crippen LogP contribution in [0.1, 0.15) is 54.6 Å². The third-order valence-corrected chi connectivity index (χ3v) is 6.76. The maximum atomic E-state index is 11.9. The molecule has 1 fully saturated rings. The number of hydrogen-bond donors (Lipinski definition) is 3. The fraction of sp³-hybridized carbons (Fsp3) is 0.375. The van der Waals surface area contributed by atoms with Gasteiger partial charge in [0.05, 0.1) is 18.2 Å². The Kier molecular flexibility index (Phi) is 6.19. The van der Waals surface area contributed by atoms with Crippen LogP contribution in [0.5, 0.6) is 0 Å². The van der Waals surface area contributed by atoms with Crippen LogP contribution < -0.4 is 5.32 Å². The van der Waals surface area contributed by atoms with E-state index in [4.69, 9.17) is 20.8 Å². The molecule has 0 unspecified atom stereocenters. The zero-order valence-corrected chi connectivity index (χ0v) is 18.8. The van der Waals surface area contributed by atoms with E-state index in [-0.39, 0.29) is 24.6 Å². The zero-order chi connectivity index (χ0) is 22.7. The van der Waals surface area contributed by atoms with Crippen molar-refractivity contribution < 1.29 is 9.53 Å². The van der Waals surface area contributed by atoms with Crippen molar-refractivity contribution in [3.63, 3.8) is 0 Å². The monoisotopic (exact) mass is 447 g/mol. The fourth-order valence-electron chi connectivity index (χ4n) is 3.73. The van der Waals surface area contributed by atoms with Crippen LogP contribution in [0.2, 0.25) is 0 Å². The number of hydrogen-bond acceptors (Lipinski definition) is 7. The van der Waals surface area contributed by atoms with Gasteiger partial charge in [-0.1, -0.05) is 29.9 Å². The molecule has 0 aliphatic heterocycles. The number of thiazole rings is 1. The van der Waals surface area contributed by atoms with Crippen LogP contribution >= 0.6 is 11.3 Å². The quantitative estimate of drug-likeness (QED) is 0.442. The Labute approximate surface area is 191 Å². The summed E-state index contributed by atoms with van der Waals surface area (Å²) in [6, 6.07) is 2.07. The maximum absolute atomic E-state index is 11.9. The Hall–Kier alpha value is -3.31. The maximum Gasteiger partial charge on any atom is 0.230 e. The molecule has 0 saturated heterocycles. The molecule has 8 heteroatoms. The zero-order valence-electron chi connectivity index (χ0n) is 18.0. The summed E-state index contributed by atoms with van der Waals surface area (Å²) in [5.41, 5.74) is 4.06. The van der Waals surface area contributed by atoms with Crippen molar-refractivity contribution in [2.75, 3.05) is 0 Å². The first-order chi connectivity index (χ1) is 15.4. The molecule has 1 heterocycles. The first kappa shape index (κ1) is 21.9. The number of fused-ring (bicyclic) bond motifs is 1. The number of carbonyl (C=O) groups excluding carboxylic acids is 1. The highest BCUT2D eigenvalue weighted by atomic mass is 32.1. The molecule has 164 valence electrons. The van der Waals surface area contributed by atoms with Crippen LogP contribution in [0.25, 0.3) is 6.08 Å². The number of carbonyl (C=O) groups is 1. The number of allylic oxidation sites excluding steroid dienone is 7. The molecule has 4 rings (SSSR count). The standard InChI is InChI=1S/C24H25N5O2S/c1-15-4-2-3-5-17(15)16-6-8-18-19(9-7-16)32-23(28-18)13-21(27)31-20(26)12-22(30)29-24(14-25)10-11-24/h3,5-8,26-27H,2,4,9-13H2,1H3,(H,29,30). The average molecular weight is 448 g/mol. The van der Waals surface area contributed by atoms with Crippen molar-refractivity contribution in [1.82, 2.24) is 10.3 Å². The summed E-state index contributed by atoms with van der Waals surface area (Å²) in [7, 11) is 0. The van der Waals surface area contributed by atoms with E-state index in [9.17, 15) is 4.79 Å². The fourth-order valence-corrected chi connectivity index (χ4v) is 4.75. The Balaban J connectivity index is 1.31. The SMILES string of the molecule is CC1=C(C2=CCc3sc(CC(=N)OC(=N)CC(=O)NC4(C#N)CC4)nc3C=C2)C=CCC1. The molecule has 1 aromatic heterocycles. The van der Waals surface area contributed by atoms with E-state index in [1.807, 2.05) is 6.08 Å². The van der Waals surface area contributed by atoms with Crippen molar-refractivity contribution >= 4 is 35.1 Å². The van der Waals surface area contributed by atoms with Crippen molar-refractivity contribution in [3.8, 4) is 6.07 Å². The molecular weight excluding hydrogens is 422 g/mol. The first-order valence-corrected chi connectivity index (χ1v) is 11.5. The van der Waals surface area contributed by atoms with E-state index in [1.54, 1.807) is 0 Å². The highest BCUT2D eigenvalue weighted by Gasteiger charge is 2.44. The number of nitrogens with one attached hydrogen (secondary N) is 3. The third-order valence-electron chi connectivity index (χ3n) is 5.66. The Morgan fingerprint density at radius 1 is 1.31 bits per heavy atom. The topological polar surface area (TPSA) is 123 Å². The van der Waals surface area contributed by atoms with Crippen LogP contribution in [0.3, 0.4) is 0 Å². The summed E-state index contributed by atoms with van der Waals surface area (Å²) < 4.78 is 5.20. The second-order valence-corrected chi connectivity index (χ2v) is 9.46. The van der Waals surface area contributed by atoms with Crippen molar-refractivity contribution in [2.45, 2.75) is 57.4 Å². The van der Waals surface area contributed by atoms with Crippen molar-refractivity contribution in [2.24, 2.45) is 0 Å². The number of rotatable bonds is 6. The Bertz CT molecular complexity index is 1140. The Morgan fingerprint density at radius 3 is 2.84 bits per heavy atom. The summed E-state index contributed by atoms with van der Waals surface area (Å²) >= 11 is 1.54. The molecule has 1 aromatic rings. The molecule has 0 atom stereocenters. The third kappa shape index (κ3) is 5.11. The lowest BCUT2D eigenvalue weighted by Crippen LogP contribution is -2.37. The van der Waals surface area contributed by atoms with E-state index >= 15 is 0 Å². The first-order valence-electron chi connectivity index (χ1n) is 10.7. The molecule has 3 aliphatic rings. The van der Waals surface area contributed by atoms with E-state index in [0.29, 0.717) is 12.8 Å². The van der Waals surface area contributed by atoms with Gasteiger partial charge in [-0.25, -0.2) is 4.98 Å². The van der Waals surface area contributed by atoms with Crippen LogP contribution in [-0.2, 0) is 22.4 Å². The van der Waals surface area contributed by atoms with E-state index in [2.05, 4.69) is 47.6 Å². The van der Waals surface area contributed by atoms with Gasteiger partial charge in [0.15, 0.2) is 11.8 Å². The van der Waals surface area contributed by atoms with E-state index in [1.165, 1.54) is 28.1 Å². The molecule has 7 nitrogen and oxygen atoms in total. The lowest BCUT2D eigenvalue weighted by molar-refractivity contribution is -0.120. The second-order valence-electron chi connectivity index (χ2n) is 8.29. The molecule has 0 bridgehead atoms. The molecule has 3 aliphatic carbocycles. The number of nitriles is 1. The molecule has 0 aromatic carbocycles. The molecular formula is C24H25N5O2S. The highest BCUT2D eigenvalue weighted by molar-refractivity contribution is 7.12. The smallest absolute Gasteiger partial charge is 0.230 e. The van der Waals surface area contributed by atoms with Crippen molar-refractivity contribution in [1.29, 1.82) is 16.1 Å². The van der Waals surface area contributed by atoms with Crippen molar-refractivity contribution in [3.05, 3.63) is 56.6 Å². The summed E-state index contributed by atoms with van der Waals surface area (Å²) in [6.45, 7) is 2.19. The van der Waals surface area contributed by atoms with Crippen LogP contribution in [0.15, 0.2) is 41.0 Å². The summed E-state index contributed by atoms with van der Waals surface area (Å²) in [4.78, 5) is 17.7. The van der Waals surface area contributed by atoms with Gasteiger partial charge in [0.25, 0.3) is 0 Å². The molecule has 1 amide bonds. The van der Waals surface area contributed by atoms with Crippen LogP contribution in [0, 0.1) is 22.1 Å². The van der Waals surface area contributed by atoms with Gasteiger partial charge in [-0.3, -0.25) is 15.6 Å². The van der Waals surface area contributed by atoms with Crippen LogP contribution in [-0.4, -0.2) is 28.2 Å². The molecule has 32 heavy (non-hydrogen) atoms. The summed E-state index contributed by atoms with van der Waals surface area (Å²) in [6.07, 6.45) is 14.9. The molecule has 0 spiro atoms. The van der Waals surface area contributed by atoms with Gasteiger partial charge in [-0.15, -0.1) is 11.3 Å².